The fourth-order valence-corrected chi connectivity index (χ4v) is 14.0. The minimum atomic E-state index is -0.109. The van der Waals surface area contributed by atoms with Gasteiger partial charge in [-0.3, -0.25) is 0 Å². The van der Waals surface area contributed by atoms with Gasteiger partial charge in [0, 0.05) is 44.5 Å². The quantitative estimate of drug-likeness (QED) is 0.161. The lowest BCUT2D eigenvalue weighted by molar-refractivity contribution is 0.332. The maximum absolute atomic E-state index is 7.15. The van der Waals surface area contributed by atoms with Gasteiger partial charge in [0.2, 0.25) is 0 Å². The third kappa shape index (κ3) is 5.73. The molecule has 3 heterocycles. The van der Waals surface area contributed by atoms with Gasteiger partial charge in [0.25, 0.3) is 0 Å². The number of anilines is 5. The van der Waals surface area contributed by atoms with Crippen molar-refractivity contribution in [2.75, 3.05) is 9.71 Å². The van der Waals surface area contributed by atoms with Gasteiger partial charge in [0.1, 0.15) is 11.2 Å². The molecule has 3 aliphatic carbocycles. The summed E-state index contributed by atoms with van der Waals surface area (Å²) in [6.07, 6.45) is 7.04. The Bertz CT molecular complexity index is 3500. The Kier molecular flexibility index (Phi) is 8.43. The summed E-state index contributed by atoms with van der Waals surface area (Å²) >= 11 is 0. The van der Waals surface area contributed by atoms with E-state index in [1.807, 2.05) is 0 Å². The van der Waals surface area contributed by atoms with E-state index in [4.69, 9.17) is 4.42 Å². The van der Waals surface area contributed by atoms with E-state index in [1.54, 1.807) is 0 Å². The average molecular weight is 891 g/mol. The molecule has 5 aliphatic rings. The number of hydrogen-bond acceptors (Lipinski definition) is 3. The standard InChI is InChI=1S/C64H67BN2O/c1-59(2)27-29-61(5,6)47-34-39(21-24-45(47)59)66-53-37-50-49(63(9,10)31-32-64(50,11)12)36-51(53)65-56-44(33-38-17-13-14-18-41(38)57(56)66)55-52(26-23-43-42-19-15-16-20-54(42)68-58(43)55)67(65)40-22-25-46-48(35-40)62(7,8)30-28-60(46,3)4/h13-26,33-37H,27-32H2,1-12H3. The van der Waals surface area contributed by atoms with E-state index < -0.39 is 0 Å². The molecule has 0 N–H and O–H groups in total. The van der Waals surface area contributed by atoms with Crippen LogP contribution in [0.3, 0.4) is 0 Å². The fraction of sp³-hybridized carbons (Fsp3) is 0.375. The van der Waals surface area contributed by atoms with Gasteiger partial charge < -0.3 is 14.1 Å². The van der Waals surface area contributed by atoms with Gasteiger partial charge >= 0.3 is 6.85 Å². The predicted molar refractivity (Wildman–Crippen MR) is 291 cm³/mol. The topological polar surface area (TPSA) is 19.6 Å². The Morgan fingerprint density at radius 3 is 1.59 bits per heavy atom. The number of hydrogen-bond donors (Lipinski definition) is 0. The summed E-state index contributed by atoms with van der Waals surface area (Å²) < 4.78 is 7.15. The Morgan fingerprint density at radius 2 is 0.956 bits per heavy atom. The monoisotopic (exact) mass is 891 g/mol. The molecule has 0 bridgehead atoms. The lowest BCUT2D eigenvalue weighted by atomic mass is 9.42. The van der Waals surface area contributed by atoms with E-state index in [-0.39, 0.29) is 39.3 Å². The maximum atomic E-state index is 7.15. The minimum Gasteiger partial charge on any atom is -0.455 e. The van der Waals surface area contributed by atoms with Crippen molar-refractivity contribution in [2.24, 2.45) is 0 Å². The molecule has 0 fully saturated rings. The molecule has 3 nitrogen and oxygen atoms in total. The largest absolute Gasteiger partial charge is 0.455 e. The van der Waals surface area contributed by atoms with Gasteiger partial charge in [-0.1, -0.05) is 144 Å². The van der Waals surface area contributed by atoms with Gasteiger partial charge in [0.05, 0.1) is 5.69 Å². The van der Waals surface area contributed by atoms with Crippen LogP contribution in [-0.4, -0.2) is 6.85 Å². The van der Waals surface area contributed by atoms with Crippen LogP contribution >= 0.6 is 0 Å². The molecule has 2 aliphatic heterocycles. The van der Waals surface area contributed by atoms with Crippen molar-refractivity contribution in [3.05, 3.63) is 149 Å². The summed E-state index contributed by atoms with van der Waals surface area (Å²) in [6.45, 7) is 29.5. The van der Waals surface area contributed by atoms with Crippen molar-refractivity contribution in [3.8, 4) is 11.1 Å². The Hall–Kier alpha value is -5.74. The van der Waals surface area contributed by atoms with Crippen molar-refractivity contribution in [1.29, 1.82) is 0 Å². The van der Waals surface area contributed by atoms with Crippen LogP contribution < -0.4 is 20.6 Å². The third-order valence-corrected chi connectivity index (χ3v) is 18.6. The summed E-state index contributed by atoms with van der Waals surface area (Å²) in [4.78, 5) is 5.48. The van der Waals surface area contributed by atoms with Crippen molar-refractivity contribution in [3.63, 3.8) is 0 Å². The second-order valence-corrected chi connectivity index (χ2v) is 25.7. The molecule has 0 unspecified atom stereocenters. The molecule has 0 saturated heterocycles. The summed E-state index contributed by atoms with van der Waals surface area (Å²) in [5.74, 6) is 0. The summed E-state index contributed by atoms with van der Waals surface area (Å²) in [6, 6.07) is 45.6. The molecule has 0 atom stereocenters. The zero-order valence-corrected chi connectivity index (χ0v) is 42.6. The SMILES string of the molecule is CC1(C)CCC(C)(C)c2cc(N3B4c5cc6c(cc5N(c5ccc7c(c5)C(C)(C)CCC7(C)C)c5c4c(cc4ccccc54)-c4c3ccc3c4oc4ccccc43)C(C)(C)CCC6(C)C)ccc21. The van der Waals surface area contributed by atoms with Crippen LogP contribution in [-0.2, 0) is 32.5 Å². The van der Waals surface area contributed by atoms with E-state index in [2.05, 4.69) is 208 Å². The molecule has 4 heteroatoms. The Balaban J connectivity index is 1.21. The van der Waals surface area contributed by atoms with E-state index in [0.29, 0.717) is 0 Å². The van der Waals surface area contributed by atoms with Gasteiger partial charge in [-0.15, -0.1) is 0 Å². The Labute approximate surface area is 405 Å². The highest BCUT2D eigenvalue weighted by atomic mass is 16.3. The first-order chi connectivity index (χ1) is 32.2. The molecular weight excluding hydrogens is 824 g/mol. The van der Waals surface area contributed by atoms with Crippen LogP contribution in [0.4, 0.5) is 28.4 Å². The Morgan fingerprint density at radius 1 is 0.441 bits per heavy atom. The molecule has 0 spiro atoms. The van der Waals surface area contributed by atoms with Gasteiger partial charge in [-0.05, 0) is 181 Å². The van der Waals surface area contributed by atoms with Crippen LogP contribution in [0.15, 0.2) is 120 Å². The number of benzene rings is 7. The molecular formula is C64H67BN2O. The number of para-hydroxylation sites is 1. The van der Waals surface area contributed by atoms with Crippen LogP contribution in [0.5, 0.6) is 0 Å². The molecule has 13 rings (SSSR count). The number of rotatable bonds is 2. The molecule has 68 heavy (non-hydrogen) atoms. The molecule has 7 aromatic carbocycles. The highest BCUT2D eigenvalue weighted by Gasteiger charge is 2.50. The number of fused-ring (bicyclic) bond motifs is 13. The highest BCUT2D eigenvalue weighted by molar-refractivity contribution is 6.94. The second-order valence-electron chi connectivity index (χ2n) is 25.7. The molecule has 0 radical (unpaired) electrons. The zero-order valence-electron chi connectivity index (χ0n) is 42.6. The van der Waals surface area contributed by atoms with Crippen molar-refractivity contribution in [2.45, 2.75) is 154 Å². The van der Waals surface area contributed by atoms with Gasteiger partial charge in [-0.2, -0.15) is 0 Å². The first-order valence-electron chi connectivity index (χ1n) is 25.8. The van der Waals surface area contributed by atoms with Gasteiger partial charge in [-0.25, -0.2) is 0 Å². The van der Waals surface area contributed by atoms with Crippen LogP contribution in [0.25, 0.3) is 43.8 Å². The lowest BCUT2D eigenvalue weighted by Crippen LogP contribution is -2.62. The molecule has 0 saturated carbocycles. The molecule has 8 aromatic rings. The first kappa shape index (κ1) is 42.4. The fourth-order valence-electron chi connectivity index (χ4n) is 14.0. The summed E-state index contributed by atoms with van der Waals surface area (Å²) in [5.41, 5.74) is 22.7. The van der Waals surface area contributed by atoms with Gasteiger partial charge in [0.15, 0.2) is 0 Å². The maximum Gasteiger partial charge on any atom is 0.333 e. The van der Waals surface area contributed by atoms with E-state index in [0.717, 1.165) is 29.4 Å². The smallest absolute Gasteiger partial charge is 0.333 e. The summed E-state index contributed by atoms with van der Waals surface area (Å²) in [5, 5.41) is 4.86. The first-order valence-corrected chi connectivity index (χ1v) is 25.8. The number of furan rings is 1. The van der Waals surface area contributed by atoms with Crippen molar-refractivity contribution >= 4 is 78.9 Å². The lowest BCUT2D eigenvalue weighted by Gasteiger charge is -2.49. The van der Waals surface area contributed by atoms with Crippen molar-refractivity contribution < 1.29 is 4.42 Å². The third-order valence-electron chi connectivity index (χ3n) is 18.6. The van der Waals surface area contributed by atoms with Crippen LogP contribution in [0.1, 0.15) is 155 Å². The van der Waals surface area contributed by atoms with Crippen LogP contribution in [0.2, 0.25) is 0 Å². The average Bonchev–Trinajstić information content (AvgIpc) is 3.69. The minimum absolute atomic E-state index is 0.0257. The molecule has 1 aromatic heterocycles. The van der Waals surface area contributed by atoms with E-state index in [9.17, 15) is 0 Å². The second kappa shape index (κ2) is 13.5. The predicted octanol–water partition coefficient (Wildman–Crippen LogP) is 16.5. The molecule has 0 amide bonds. The molecule has 342 valence electrons. The zero-order chi connectivity index (χ0) is 47.2. The summed E-state index contributed by atoms with van der Waals surface area (Å²) in [7, 11) is 0. The van der Waals surface area contributed by atoms with Crippen molar-refractivity contribution in [1.82, 2.24) is 0 Å². The highest BCUT2D eigenvalue weighted by Crippen LogP contribution is 2.56. The van der Waals surface area contributed by atoms with Crippen LogP contribution in [0, 0.1) is 0 Å². The normalized spacial score (nSPS) is 20.6. The number of nitrogens with zero attached hydrogens (tertiary/aromatic N) is 2. The van der Waals surface area contributed by atoms with E-state index in [1.165, 1.54) is 126 Å². The van der Waals surface area contributed by atoms with E-state index >= 15 is 0 Å².